The van der Waals surface area contributed by atoms with E-state index in [4.69, 9.17) is 0 Å². The van der Waals surface area contributed by atoms with Gasteiger partial charge in [0.25, 0.3) is 5.91 Å². The Hall–Kier alpha value is -2.49. The van der Waals surface area contributed by atoms with Crippen LogP contribution >= 0.6 is 0 Å². The monoisotopic (exact) mass is 296 g/mol. The number of hydrazone groups is 1. The standard InChI is InChI=1S/C18H17FN2O/c1-12-17(14-7-4-3-5-8-14)18(22)21(20-12)13(2)15-9-6-10-16(19)11-15/h3-11,13,17H,1-2H3. The lowest BCUT2D eigenvalue weighted by atomic mass is 9.94. The molecule has 4 heteroatoms. The molecule has 0 saturated carbocycles. The van der Waals surface area contributed by atoms with Gasteiger partial charge in [-0.2, -0.15) is 5.10 Å². The van der Waals surface area contributed by atoms with Crippen LogP contribution in [0.15, 0.2) is 59.7 Å². The summed E-state index contributed by atoms with van der Waals surface area (Å²) >= 11 is 0. The number of benzene rings is 2. The molecule has 1 aliphatic heterocycles. The van der Waals surface area contributed by atoms with Crippen LogP contribution in [0.3, 0.4) is 0 Å². The zero-order valence-electron chi connectivity index (χ0n) is 12.5. The van der Waals surface area contributed by atoms with Crippen molar-refractivity contribution >= 4 is 11.6 Å². The van der Waals surface area contributed by atoms with Crippen LogP contribution in [-0.4, -0.2) is 16.6 Å². The first-order valence-electron chi connectivity index (χ1n) is 7.26. The molecule has 0 fully saturated rings. The summed E-state index contributed by atoms with van der Waals surface area (Å²) in [6, 6.07) is 15.6. The van der Waals surface area contributed by atoms with Crippen molar-refractivity contribution in [3.63, 3.8) is 0 Å². The lowest BCUT2D eigenvalue weighted by molar-refractivity contribution is -0.131. The molecule has 0 saturated heterocycles. The van der Waals surface area contributed by atoms with E-state index in [1.807, 2.05) is 50.2 Å². The summed E-state index contributed by atoms with van der Waals surface area (Å²) in [6.45, 7) is 3.71. The van der Waals surface area contributed by atoms with E-state index in [9.17, 15) is 9.18 Å². The minimum absolute atomic E-state index is 0.0690. The number of rotatable bonds is 3. The Labute approximate surface area is 129 Å². The highest BCUT2D eigenvalue weighted by Gasteiger charge is 2.37. The van der Waals surface area contributed by atoms with E-state index in [1.165, 1.54) is 17.1 Å². The number of nitrogens with zero attached hydrogens (tertiary/aromatic N) is 2. The third-order valence-corrected chi connectivity index (χ3v) is 3.99. The van der Waals surface area contributed by atoms with Crippen LogP contribution < -0.4 is 0 Å². The Kier molecular flexibility index (Phi) is 3.75. The Morgan fingerprint density at radius 1 is 1.14 bits per heavy atom. The van der Waals surface area contributed by atoms with E-state index in [2.05, 4.69) is 5.10 Å². The summed E-state index contributed by atoms with van der Waals surface area (Å²) in [6.07, 6.45) is 0. The van der Waals surface area contributed by atoms with Crippen molar-refractivity contribution in [1.29, 1.82) is 0 Å². The van der Waals surface area contributed by atoms with Gasteiger partial charge in [-0.15, -0.1) is 0 Å². The molecule has 2 aromatic carbocycles. The molecular weight excluding hydrogens is 279 g/mol. The molecule has 2 aromatic rings. The first kappa shape index (κ1) is 14.4. The summed E-state index contributed by atoms with van der Waals surface area (Å²) in [5.74, 6) is -0.728. The molecule has 1 aliphatic rings. The number of hydrogen-bond acceptors (Lipinski definition) is 2. The summed E-state index contributed by atoms with van der Waals surface area (Å²) in [4.78, 5) is 12.7. The first-order chi connectivity index (χ1) is 10.6. The smallest absolute Gasteiger partial charge is 0.256 e. The van der Waals surface area contributed by atoms with E-state index in [1.54, 1.807) is 6.07 Å². The van der Waals surface area contributed by atoms with Crippen molar-refractivity contribution < 1.29 is 9.18 Å². The quantitative estimate of drug-likeness (QED) is 0.845. The second kappa shape index (κ2) is 5.72. The largest absolute Gasteiger partial charge is 0.272 e. The van der Waals surface area contributed by atoms with Gasteiger partial charge in [0.2, 0.25) is 0 Å². The zero-order valence-corrected chi connectivity index (χ0v) is 12.5. The predicted molar refractivity (Wildman–Crippen MR) is 84.0 cm³/mol. The van der Waals surface area contributed by atoms with Crippen LogP contribution in [0.2, 0.25) is 0 Å². The third-order valence-electron chi connectivity index (χ3n) is 3.99. The average Bonchev–Trinajstić information content (AvgIpc) is 2.82. The van der Waals surface area contributed by atoms with Crippen LogP contribution in [0, 0.1) is 5.82 Å². The molecule has 3 rings (SSSR count). The molecule has 22 heavy (non-hydrogen) atoms. The fraction of sp³-hybridized carbons (Fsp3) is 0.222. The van der Waals surface area contributed by atoms with Crippen molar-refractivity contribution in [2.24, 2.45) is 5.10 Å². The summed E-state index contributed by atoms with van der Waals surface area (Å²) in [5, 5.41) is 5.87. The molecule has 0 bridgehead atoms. The topological polar surface area (TPSA) is 32.7 Å². The van der Waals surface area contributed by atoms with E-state index >= 15 is 0 Å². The number of carbonyl (C=O) groups is 1. The fourth-order valence-electron chi connectivity index (χ4n) is 2.80. The van der Waals surface area contributed by atoms with Gasteiger partial charge in [-0.05, 0) is 37.1 Å². The van der Waals surface area contributed by atoms with E-state index in [-0.39, 0.29) is 23.7 Å². The van der Waals surface area contributed by atoms with Gasteiger partial charge in [0.1, 0.15) is 11.7 Å². The highest BCUT2D eigenvalue weighted by molar-refractivity contribution is 6.11. The zero-order chi connectivity index (χ0) is 15.7. The fourth-order valence-corrected chi connectivity index (χ4v) is 2.80. The Morgan fingerprint density at radius 2 is 1.86 bits per heavy atom. The molecule has 0 spiro atoms. The predicted octanol–water partition coefficient (Wildman–Crippen LogP) is 3.89. The van der Waals surface area contributed by atoms with Crippen molar-refractivity contribution in [3.8, 4) is 0 Å². The molecule has 2 unspecified atom stereocenters. The molecule has 0 aromatic heterocycles. The summed E-state index contributed by atoms with van der Waals surface area (Å²) in [5.41, 5.74) is 2.43. The van der Waals surface area contributed by atoms with Crippen LogP contribution in [0.5, 0.6) is 0 Å². The van der Waals surface area contributed by atoms with Crippen LogP contribution in [0.25, 0.3) is 0 Å². The minimum Gasteiger partial charge on any atom is -0.272 e. The maximum Gasteiger partial charge on any atom is 0.256 e. The van der Waals surface area contributed by atoms with Gasteiger partial charge in [-0.3, -0.25) is 4.79 Å². The van der Waals surface area contributed by atoms with Crippen molar-refractivity contribution in [2.75, 3.05) is 0 Å². The molecule has 112 valence electrons. The van der Waals surface area contributed by atoms with Crippen molar-refractivity contribution in [1.82, 2.24) is 5.01 Å². The Balaban J connectivity index is 1.90. The lowest BCUT2D eigenvalue weighted by Gasteiger charge is -2.22. The van der Waals surface area contributed by atoms with Gasteiger partial charge in [0.15, 0.2) is 0 Å². The third kappa shape index (κ3) is 2.52. The van der Waals surface area contributed by atoms with Gasteiger partial charge >= 0.3 is 0 Å². The number of halogens is 1. The second-order valence-corrected chi connectivity index (χ2v) is 5.50. The molecule has 1 amide bonds. The van der Waals surface area contributed by atoms with Gasteiger partial charge in [-0.25, -0.2) is 9.40 Å². The normalized spacial score (nSPS) is 19.2. The second-order valence-electron chi connectivity index (χ2n) is 5.50. The highest BCUT2D eigenvalue weighted by atomic mass is 19.1. The maximum absolute atomic E-state index is 13.4. The molecular formula is C18H17FN2O. The summed E-state index contributed by atoms with van der Waals surface area (Å²) in [7, 11) is 0. The van der Waals surface area contributed by atoms with Crippen LogP contribution in [0.1, 0.15) is 36.9 Å². The van der Waals surface area contributed by atoms with Gasteiger partial charge in [0.05, 0.1) is 11.8 Å². The van der Waals surface area contributed by atoms with Crippen molar-refractivity contribution in [3.05, 3.63) is 71.5 Å². The lowest BCUT2D eigenvalue weighted by Crippen LogP contribution is -2.28. The highest BCUT2D eigenvalue weighted by Crippen LogP contribution is 2.32. The molecule has 0 aliphatic carbocycles. The molecule has 3 nitrogen and oxygen atoms in total. The van der Waals surface area contributed by atoms with Gasteiger partial charge < -0.3 is 0 Å². The van der Waals surface area contributed by atoms with E-state index in [0.717, 1.165) is 16.8 Å². The average molecular weight is 296 g/mol. The first-order valence-corrected chi connectivity index (χ1v) is 7.26. The molecule has 0 radical (unpaired) electrons. The maximum atomic E-state index is 13.4. The molecule has 2 atom stereocenters. The van der Waals surface area contributed by atoms with E-state index in [0.29, 0.717) is 0 Å². The minimum atomic E-state index is -0.350. The van der Waals surface area contributed by atoms with Crippen LogP contribution in [0.4, 0.5) is 4.39 Å². The Morgan fingerprint density at radius 3 is 2.55 bits per heavy atom. The van der Waals surface area contributed by atoms with E-state index < -0.39 is 0 Å². The number of hydrogen-bond donors (Lipinski definition) is 0. The van der Waals surface area contributed by atoms with Crippen molar-refractivity contribution in [2.45, 2.75) is 25.8 Å². The SMILES string of the molecule is CC1=NN(C(C)c2cccc(F)c2)C(=O)C1c1ccccc1. The molecule has 0 N–H and O–H groups in total. The van der Waals surface area contributed by atoms with Crippen LogP contribution in [-0.2, 0) is 4.79 Å². The Bertz CT molecular complexity index is 727. The number of amides is 1. The number of carbonyl (C=O) groups excluding carboxylic acids is 1. The van der Waals surface area contributed by atoms with Gasteiger partial charge in [0, 0.05) is 0 Å². The van der Waals surface area contributed by atoms with Gasteiger partial charge in [-0.1, -0.05) is 42.5 Å². The summed E-state index contributed by atoms with van der Waals surface area (Å²) < 4.78 is 13.4. The molecule has 1 heterocycles.